The van der Waals surface area contributed by atoms with Gasteiger partial charge in [0.2, 0.25) is 0 Å². The van der Waals surface area contributed by atoms with E-state index < -0.39 is 0 Å². The van der Waals surface area contributed by atoms with Gasteiger partial charge in [-0.05, 0) is 36.2 Å². The Morgan fingerprint density at radius 3 is 2.86 bits per heavy atom. The molecule has 0 saturated heterocycles. The van der Waals surface area contributed by atoms with Crippen LogP contribution in [0.3, 0.4) is 0 Å². The third kappa shape index (κ3) is 4.02. The lowest BCUT2D eigenvalue weighted by atomic mass is 10.0. The zero-order valence-corrected chi connectivity index (χ0v) is 10.0. The standard InChI is InChI=1S/C9H15BrN4/c1-9(2,11)3-4-13-8-7(10)5-12-6-14-8/h5-6H,3-4,11H2,1-2H3,(H,12,13,14). The summed E-state index contributed by atoms with van der Waals surface area (Å²) in [5, 5.41) is 3.19. The predicted octanol–water partition coefficient (Wildman–Crippen LogP) is 1.78. The van der Waals surface area contributed by atoms with Crippen molar-refractivity contribution in [2.24, 2.45) is 5.73 Å². The molecule has 0 aliphatic rings. The van der Waals surface area contributed by atoms with E-state index in [1.54, 1.807) is 6.20 Å². The summed E-state index contributed by atoms with van der Waals surface area (Å²) < 4.78 is 0.870. The maximum atomic E-state index is 5.85. The van der Waals surface area contributed by atoms with Crippen molar-refractivity contribution in [2.75, 3.05) is 11.9 Å². The van der Waals surface area contributed by atoms with E-state index in [4.69, 9.17) is 5.73 Å². The van der Waals surface area contributed by atoms with Crippen LogP contribution in [0.5, 0.6) is 0 Å². The van der Waals surface area contributed by atoms with Crippen LogP contribution in [0.1, 0.15) is 20.3 Å². The summed E-state index contributed by atoms with van der Waals surface area (Å²) in [7, 11) is 0. The van der Waals surface area contributed by atoms with Crippen LogP contribution in [0.15, 0.2) is 17.0 Å². The van der Waals surface area contributed by atoms with Gasteiger partial charge < -0.3 is 11.1 Å². The van der Waals surface area contributed by atoms with E-state index >= 15 is 0 Å². The molecule has 0 spiro atoms. The number of nitrogens with one attached hydrogen (secondary N) is 1. The molecular weight excluding hydrogens is 244 g/mol. The predicted molar refractivity (Wildman–Crippen MR) is 61.1 cm³/mol. The van der Waals surface area contributed by atoms with E-state index in [-0.39, 0.29) is 5.54 Å². The van der Waals surface area contributed by atoms with Gasteiger partial charge in [0.05, 0.1) is 4.47 Å². The smallest absolute Gasteiger partial charge is 0.143 e. The fourth-order valence-corrected chi connectivity index (χ4v) is 1.31. The average molecular weight is 259 g/mol. The second-order valence-corrected chi connectivity index (χ2v) is 4.74. The summed E-state index contributed by atoms with van der Waals surface area (Å²) in [6.07, 6.45) is 4.12. The van der Waals surface area contributed by atoms with Gasteiger partial charge in [-0.25, -0.2) is 9.97 Å². The van der Waals surface area contributed by atoms with Crippen LogP contribution < -0.4 is 11.1 Å². The first kappa shape index (κ1) is 11.4. The summed E-state index contributed by atoms with van der Waals surface area (Å²) in [6, 6.07) is 0. The molecule has 78 valence electrons. The Labute approximate surface area is 92.5 Å². The van der Waals surface area contributed by atoms with Gasteiger partial charge in [0.15, 0.2) is 0 Å². The highest BCUT2D eigenvalue weighted by molar-refractivity contribution is 9.10. The lowest BCUT2D eigenvalue weighted by Crippen LogP contribution is -2.34. The van der Waals surface area contributed by atoms with Crippen LogP contribution in [-0.4, -0.2) is 22.1 Å². The molecule has 0 aromatic carbocycles. The molecule has 1 heterocycles. The third-order valence-corrected chi connectivity index (χ3v) is 2.31. The molecule has 1 aromatic rings. The quantitative estimate of drug-likeness (QED) is 0.865. The Morgan fingerprint density at radius 2 is 2.29 bits per heavy atom. The molecule has 4 nitrogen and oxygen atoms in total. The zero-order valence-electron chi connectivity index (χ0n) is 8.42. The minimum atomic E-state index is -0.146. The van der Waals surface area contributed by atoms with Gasteiger partial charge in [-0.15, -0.1) is 0 Å². The number of hydrogen-bond donors (Lipinski definition) is 2. The molecule has 0 aliphatic heterocycles. The maximum Gasteiger partial charge on any atom is 0.143 e. The number of nitrogens with zero attached hydrogens (tertiary/aromatic N) is 2. The van der Waals surface area contributed by atoms with Crippen LogP contribution in [-0.2, 0) is 0 Å². The molecule has 0 saturated carbocycles. The minimum Gasteiger partial charge on any atom is -0.369 e. The first-order valence-electron chi connectivity index (χ1n) is 4.47. The van der Waals surface area contributed by atoms with E-state index in [2.05, 4.69) is 31.2 Å². The van der Waals surface area contributed by atoms with Crippen molar-refractivity contribution in [3.8, 4) is 0 Å². The Bertz CT molecular complexity index is 295. The highest BCUT2D eigenvalue weighted by Crippen LogP contribution is 2.17. The molecule has 0 aliphatic carbocycles. The molecule has 0 amide bonds. The Hall–Kier alpha value is -0.680. The van der Waals surface area contributed by atoms with Crippen LogP contribution in [0.2, 0.25) is 0 Å². The van der Waals surface area contributed by atoms with Crippen LogP contribution in [0.4, 0.5) is 5.82 Å². The van der Waals surface area contributed by atoms with Crippen LogP contribution in [0, 0.1) is 0 Å². The van der Waals surface area contributed by atoms with Crippen molar-refractivity contribution in [3.63, 3.8) is 0 Å². The van der Waals surface area contributed by atoms with Gasteiger partial charge >= 0.3 is 0 Å². The molecule has 0 fully saturated rings. The maximum absolute atomic E-state index is 5.85. The highest BCUT2D eigenvalue weighted by atomic mass is 79.9. The normalized spacial score (nSPS) is 11.4. The SMILES string of the molecule is CC(C)(N)CCNc1ncncc1Br. The molecular formula is C9H15BrN4. The molecule has 0 radical (unpaired) electrons. The average Bonchev–Trinajstić information content (AvgIpc) is 2.06. The summed E-state index contributed by atoms with van der Waals surface area (Å²) in [5.41, 5.74) is 5.71. The topological polar surface area (TPSA) is 63.8 Å². The summed E-state index contributed by atoms with van der Waals surface area (Å²) in [4.78, 5) is 7.97. The van der Waals surface area contributed by atoms with Crippen LogP contribution in [0.25, 0.3) is 0 Å². The molecule has 0 unspecified atom stereocenters. The fraction of sp³-hybridized carbons (Fsp3) is 0.556. The number of anilines is 1. The molecule has 3 N–H and O–H groups in total. The lowest BCUT2D eigenvalue weighted by molar-refractivity contribution is 0.490. The molecule has 1 aromatic heterocycles. The molecule has 1 rings (SSSR count). The van der Waals surface area contributed by atoms with E-state index in [0.717, 1.165) is 23.3 Å². The Balaban J connectivity index is 2.43. The molecule has 5 heteroatoms. The molecule has 14 heavy (non-hydrogen) atoms. The van der Waals surface area contributed by atoms with E-state index in [9.17, 15) is 0 Å². The number of nitrogens with two attached hydrogens (primary N) is 1. The van der Waals surface area contributed by atoms with Gasteiger partial charge in [0.25, 0.3) is 0 Å². The summed E-state index contributed by atoms with van der Waals surface area (Å²) in [5.74, 6) is 0.809. The monoisotopic (exact) mass is 258 g/mol. The molecule has 0 atom stereocenters. The summed E-state index contributed by atoms with van der Waals surface area (Å²) in [6.45, 7) is 4.81. The van der Waals surface area contributed by atoms with Gasteiger partial charge in [-0.3, -0.25) is 0 Å². The number of rotatable bonds is 4. The van der Waals surface area contributed by atoms with Gasteiger partial charge in [0.1, 0.15) is 12.1 Å². The van der Waals surface area contributed by atoms with Crippen molar-refractivity contribution in [1.29, 1.82) is 0 Å². The first-order chi connectivity index (χ1) is 6.49. The minimum absolute atomic E-state index is 0.146. The highest BCUT2D eigenvalue weighted by Gasteiger charge is 2.10. The largest absolute Gasteiger partial charge is 0.369 e. The van der Waals surface area contributed by atoms with Crippen molar-refractivity contribution in [2.45, 2.75) is 25.8 Å². The van der Waals surface area contributed by atoms with Crippen molar-refractivity contribution >= 4 is 21.7 Å². The Kier molecular flexibility index (Phi) is 3.83. The lowest BCUT2D eigenvalue weighted by Gasteiger charge is -2.18. The van der Waals surface area contributed by atoms with Crippen molar-refractivity contribution < 1.29 is 0 Å². The van der Waals surface area contributed by atoms with Gasteiger partial charge in [0, 0.05) is 18.3 Å². The zero-order chi connectivity index (χ0) is 10.6. The summed E-state index contributed by atoms with van der Waals surface area (Å²) >= 11 is 3.36. The van der Waals surface area contributed by atoms with Crippen molar-refractivity contribution in [3.05, 3.63) is 17.0 Å². The second kappa shape index (κ2) is 4.70. The molecule has 0 bridgehead atoms. The third-order valence-electron chi connectivity index (χ3n) is 1.73. The van der Waals surface area contributed by atoms with Gasteiger partial charge in [-0.1, -0.05) is 0 Å². The number of halogens is 1. The Morgan fingerprint density at radius 1 is 1.57 bits per heavy atom. The number of aromatic nitrogens is 2. The van der Waals surface area contributed by atoms with Gasteiger partial charge in [-0.2, -0.15) is 0 Å². The van der Waals surface area contributed by atoms with Crippen LogP contribution >= 0.6 is 15.9 Å². The van der Waals surface area contributed by atoms with Crippen molar-refractivity contribution in [1.82, 2.24) is 9.97 Å². The second-order valence-electron chi connectivity index (χ2n) is 3.88. The van der Waals surface area contributed by atoms with E-state index in [0.29, 0.717) is 0 Å². The van der Waals surface area contributed by atoms with E-state index in [1.807, 2.05) is 13.8 Å². The fourth-order valence-electron chi connectivity index (χ4n) is 0.946. The van der Waals surface area contributed by atoms with E-state index in [1.165, 1.54) is 6.33 Å². The number of hydrogen-bond acceptors (Lipinski definition) is 4. The first-order valence-corrected chi connectivity index (χ1v) is 5.26.